The predicted molar refractivity (Wildman–Crippen MR) is 114 cm³/mol. The molecule has 0 bridgehead atoms. The number of primary amides is 1. The Bertz CT molecular complexity index is 835. The summed E-state index contributed by atoms with van der Waals surface area (Å²) in [5.41, 5.74) is 7.07. The molecule has 2 aliphatic heterocycles. The molecule has 0 spiro atoms. The van der Waals surface area contributed by atoms with Gasteiger partial charge in [0.1, 0.15) is 11.3 Å². The van der Waals surface area contributed by atoms with E-state index in [0.717, 1.165) is 55.9 Å². The van der Waals surface area contributed by atoms with E-state index in [9.17, 15) is 4.79 Å². The number of ether oxygens (including phenoxy) is 1. The van der Waals surface area contributed by atoms with Gasteiger partial charge in [0.2, 0.25) is 0 Å². The van der Waals surface area contributed by atoms with Crippen LogP contribution in [0.5, 0.6) is 5.75 Å². The Hall–Kier alpha value is -2.12. The number of carbonyl (C=O) groups excluding carboxylic acids is 1. The number of piperidine rings is 1. The van der Waals surface area contributed by atoms with Gasteiger partial charge in [-0.15, -0.1) is 0 Å². The van der Waals surface area contributed by atoms with E-state index in [4.69, 9.17) is 15.5 Å². The molecule has 1 aromatic heterocycles. The number of imidazole rings is 1. The second-order valence-corrected chi connectivity index (χ2v) is 8.33. The van der Waals surface area contributed by atoms with Gasteiger partial charge in [-0.25, -0.2) is 9.78 Å². The molecule has 2 saturated heterocycles. The standard InChI is InChI=1S/C22H33N5O2/c1-2-10-25-13-8-17(9-14-25)21-24-20-18(6-5-7-19(20)29-22(23)28)27(21)16-15-26-11-3-4-12-26/h5-7,17H,2-4,8-16H2,1H3,(H2,23,28). The highest BCUT2D eigenvalue weighted by molar-refractivity contribution is 5.85. The maximum absolute atomic E-state index is 11.4. The van der Waals surface area contributed by atoms with Crippen molar-refractivity contribution in [3.05, 3.63) is 24.0 Å². The number of nitrogens with two attached hydrogens (primary N) is 1. The van der Waals surface area contributed by atoms with Crippen LogP contribution in [0.4, 0.5) is 4.79 Å². The average Bonchev–Trinajstić information content (AvgIpc) is 3.35. The van der Waals surface area contributed by atoms with E-state index in [0.29, 0.717) is 11.7 Å². The van der Waals surface area contributed by atoms with Crippen molar-refractivity contribution in [1.82, 2.24) is 19.4 Å². The summed E-state index contributed by atoms with van der Waals surface area (Å²) in [6.45, 7) is 9.99. The summed E-state index contributed by atoms with van der Waals surface area (Å²) in [5.74, 6) is 2.03. The number of para-hydroxylation sites is 1. The number of hydrogen-bond acceptors (Lipinski definition) is 5. The summed E-state index contributed by atoms with van der Waals surface area (Å²) in [6.07, 6.45) is 5.25. The molecule has 0 saturated carbocycles. The SMILES string of the molecule is CCCN1CCC(c2nc3c(OC(N)=O)cccc3n2CCN2CCCC2)CC1. The first-order chi connectivity index (χ1) is 14.2. The van der Waals surface area contributed by atoms with Crippen molar-refractivity contribution < 1.29 is 9.53 Å². The zero-order valence-corrected chi connectivity index (χ0v) is 17.5. The lowest BCUT2D eigenvalue weighted by atomic mass is 9.95. The number of nitrogens with zero attached hydrogens (tertiary/aromatic N) is 4. The largest absolute Gasteiger partial charge is 0.410 e. The fourth-order valence-electron chi connectivity index (χ4n) is 4.86. The Morgan fingerprint density at radius 1 is 1.10 bits per heavy atom. The van der Waals surface area contributed by atoms with Gasteiger partial charge in [-0.05, 0) is 77.0 Å². The predicted octanol–water partition coefficient (Wildman–Crippen LogP) is 3.18. The topological polar surface area (TPSA) is 76.6 Å². The van der Waals surface area contributed by atoms with Crippen molar-refractivity contribution >= 4 is 17.1 Å². The van der Waals surface area contributed by atoms with Crippen LogP contribution in [0, 0.1) is 0 Å². The minimum Gasteiger partial charge on any atom is -0.408 e. The molecule has 2 N–H and O–H groups in total. The molecule has 7 nitrogen and oxygen atoms in total. The molecule has 7 heteroatoms. The van der Waals surface area contributed by atoms with Crippen LogP contribution in [-0.2, 0) is 6.54 Å². The highest BCUT2D eigenvalue weighted by Gasteiger charge is 2.26. The number of amides is 1. The molecule has 2 aromatic rings. The lowest BCUT2D eigenvalue weighted by molar-refractivity contribution is 0.207. The summed E-state index contributed by atoms with van der Waals surface area (Å²) < 4.78 is 7.62. The zero-order valence-electron chi connectivity index (χ0n) is 17.5. The number of likely N-dealkylation sites (tertiary alicyclic amines) is 2. The maximum Gasteiger partial charge on any atom is 0.410 e. The number of benzene rings is 1. The fourth-order valence-corrected chi connectivity index (χ4v) is 4.86. The second-order valence-electron chi connectivity index (χ2n) is 8.33. The Morgan fingerprint density at radius 3 is 2.52 bits per heavy atom. The van der Waals surface area contributed by atoms with E-state index in [1.165, 1.54) is 38.9 Å². The van der Waals surface area contributed by atoms with Crippen LogP contribution < -0.4 is 10.5 Å². The molecule has 0 unspecified atom stereocenters. The molecule has 2 aliphatic rings. The minimum absolute atomic E-state index is 0.440. The monoisotopic (exact) mass is 399 g/mol. The van der Waals surface area contributed by atoms with Crippen molar-refractivity contribution in [2.24, 2.45) is 5.73 Å². The van der Waals surface area contributed by atoms with E-state index in [-0.39, 0.29) is 0 Å². The van der Waals surface area contributed by atoms with Gasteiger partial charge < -0.3 is 24.8 Å². The van der Waals surface area contributed by atoms with Gasteiger partial charge in [-0.3, -0.25) is 0 Å². The van der Waals surface area contributed by atoms with Gasteiger partial charge in [-0.1, -0.05) is 13.0 Å². The zero-order chi connectivity index (χ0) is 20.2. The summed E-state index contributed by atoms with van der Waals surface area (Å²) in [7, 11) is 0. The molecule has 158 valence electrons. The number of hydrogen-bond donors (Lipinski definition) is 1. The molecular formula is C22H33N5O2. The summed E-state index contributed by atoms with van der Waals surface area (Å²) >= 11 is 0. The van der Waals surface area contributed by atoms with Crippen molar-refractivity contribution in [1.29, 1.82) is 0 Å². The van der Waals surface area contributed by atoms with Crippen molar-refractivity contribution in [2.45, 2.75) is 51.5 Å². The third-order valence-corrected chi connectivity index (χ3v) is 6.31. The van der Waals surface area contributed by atoms with Crippen LogP contribution in [0.25, 0.3) is 11.0 Å². The molecule has 4 rings (SSSR count). The van der Waals surface area contributed by atoms with Crippen LogP contribution >= 0.6 is 0 Å². The van der Waals surface area contributed by atoms with Gasteiger partial charge >= 0.3 is 6.09 Å². The van der Waals surface area contributed by atoms with Gasteiger partial charge in [0.05, 0.1) is 5.52 Å². The molecule has 0 aliphatic carbocycles. The summed E-state index contributed by atoms with van der Waals surface area (Å²) in [4.78, 5) is 21.4. The number of aromatic nitrogens is 2. The number of rotatable bonds is 7. The Morgan fingerprint density at radius 2 is 1.83 bits per heavy atom. The lowest BCUT2D eigenvalue weighted by Crippen LogP contribution is -2.34. The van der Waals surface area contributed by atoms with E-state index in [1.54, 1.807) is 6.07 Å². The third-order valence-electron chi connectivity index (χ3n) is 6.31. The first-order valence-electron chi connectivity index (χ1n) is 11.1. The number of carbonyl (C=O) groups is 1. The van der Waals surface area contributed by atoms with Crippen LogP contribution in [0.2, 0.25) is 0 Å². The van der Waals surface area contributed by atoms with Crippen LogP contribution in [0.15, 0.2) is 18.2 Å². The van der Waals surface area contributed by atoms with E-state index < -0.39 is 6.09 Å². The van der Waals surface area contributed by atoms with Gasteiger partial charge in [0, 0.05) is 19.0 Å². The van der Waals surface area contributed by atoms with Crippen molar-refractivity contribution in [3.63, 3.8) is 0 Å². The second kappa shape index (κ2) is 9.13. The minimum atomic E-state index is -0.793. The lowest BCUT2D eigenvalue weighted by Gasteiger charge is -2.31. The van der Waals surface area contributed by atoms with Crippen LogP contribution in [0.3, 0.4) is 0 Å². The Labute approximate surface area is 172 Å². The normalized spacial score (nSPS) is 19.2. The smallest absolute Gasteiger partial charge is 0.408 e. The molecule has 29 heavy (non-hydrogen) atoms. The summed E-state index contributed by atoms with van der Waals surface area (Å²) in [5, 5.41) is 0. The van der Waals surface area contributed by atoms with Crippen LogP contribution in [0.1, 0.15) is 50.8 Å². The first kappa shape index (κ1) is 20.2. The molecule has 1 amide bonds. The van der Waals surface area contributed by atoms with Crippen molar-refractivity contribution in [3.8, 4) is 5.75 Å². The van der Waals surface area contributed by atoms with E-state index in [1.807, 2.05) is 6.07 Å². The molecular weight excluding hydrogens is 366 g/mol. The molecule has 1 aromatic carbocycles. The maximum atomic E-state index is 11.4. The number of fused-ring (bicyclic) bond motifs is 1. The Kier molecular flexibility index (Phi) is 6.35. The first-order valence-corrected chi connectivity index (χ1v) is 11.1. The highest BCUT2D eigenvalue weighted by Crippen LogP contribution is 2.33. The van der Waals surface area contributed by atoms with E-state index >= 15 is 0 Å². The van der Waals surface area contributed by atoms with Gasteiger partial charge in [0.15, 0.2) is 5.75 Å². The molecule has 0 radical (unpaired) electrons. The molecule has 0 atom stereocenters. The van der Waals surface area contributed by atoms with Crippen molar-refractivity contribution in [2.75, 3.05) is 39.3 Å². The van der Waals surface area contributed by atoms with E-state index in [2.05, 4.69) is 27.4 Å². The molecule has 3 heterocycles. The quantitative estimate of drug-likeness (QED) is 0.774. The van der Waals surface area contributed by atoms with Gasteiger partial charge in [0.25, 0.3) is 0 Å². The molecule has 2 fully saturated rings. The Balaban J connectivity index is 1.63. The fraction of sp³-hybridized carbons (Fsp3) is 0.636. The van der Waals surface area contributed by atoms with Gasteiger partial charge in [-0.2, -0.15) is 0 Å². The average molecular weight is 400 g/mol. The summed E-state index contributed by atoms with van der Waals surface area (Å²) in [6, 6.07) is 5.77. The highest BCUT2D eigenvalue weighted by atomic mass is 16.5. The third kappa shape index (κ3) is 4.56. The van der Waals surface area contributed by atoms with Crippen LogP contribution in [-0.4, -0.2) is 64.7 Å².